The Morgan fingerprint density at radius 3 is 2.39 bits per heavy atom. The Balaban J connectivity index is 2.53. The van der Waals surface area contributed by atoms with Gasteiger partial charge in [-0.3, -0.25) is 0 Å². The van der Waals surface area contributed by atoms with Gasteiger partial charge in [0.25, 0.3) is 0 Å². The summed E-state index contributed by atoms with van der Waals surface area (Å²) in [7, 11) is 0. The molecule has 2 amide bonds. The SMILES string of the molecule is CC(NC(=O)N[C@@H](C(=O)O)C(C)C)c1ccsc1. The van der Waals surface area contributed by atoms with Crippen LogP contribution in [0.1, 0.15) is 32.4 Å². The van der Waals surface area contributed by atoms with Gasteiger partial charge in [-0.25, -0.2) is 9.59 Å². The number of hydrogen-bond donors (Lipinski definition) is 3. The summed E-state index contributed by atoms with van der Waals surface area (Å²) in [6.07, 6.45) is 0. The first-order valence-corrected chi connectivity index (χ1v) is 6.68. The molecule has 3 N–H and O–H groups in total. The van der Waals surface area contributed by atoms with Crippen molar-refractivity contribution in [2.75, 3.05) is 0 Å². The number of hydrogen-bond acceptors (Lipinski definition) is 3. The van der Waals surface area contributed by atoms with Gasteiger partial charge in [-0.15, -0.1) is 0 Å². The van der Waals surface area contributed by atoms with Crippen LogP contribution in [-0.4, -0.2) is 23.1 Å². The lowest BCUT2D eigenvalue weighted by Crippen LogP contribution is -2.49. The first kappa shape index (κ1) is 14.5. The number of carbonyl (C=O) groups is 2. The molecule has 0 aliphatic carbocycles. The van der Waals surface area contributed by atoms with Gasteiger partial charge in [-0.1, -0.05) is 13.8 Å². The highest BCUT2D eigenvalue weighted by Gasteiger charge is 2.23. The highest BCUT2D eigenvalue weighted by atomic mass is 32.1. The van der Waals surface area contributed by atoms with Crippen LogP contribution in [0.15, 0.2) is 16.8 Å². The molecule has 0 saturated carbocycles. The van der Waals surface area contributed by atoms with Crippen molar-refractivity contribution in [3.63, 3.8) is 0 Å². The molecule has 5 nitrogen and oxygen atoms in total. The number of rotatable bonds is 5. The Kier molecular flexibility index (Phi) is 5.15. The van der Waals surface area contributed by atoms with E-state index in [-0.39, 0.29) is 12.0 Å². The van der Waals surface area contributed by atoms with E-state index < -0.39 is 18.0 Å². The van der Waals surface area contributed by atoms with E-state index in [0.29, 0.717) is 0 Å². The van der Waals surface area contributed by atoms with Crippen molar-refractivity contribution in [1.29, 1.82) is 0 Å². The molecule has 0 aliphatic heterocycles. The van der Waals surface area contributed by atoms with E-state index in [1.54, 1.807) is 25.2 Å². The van der Waals surface area contributed by atoms with Crippen LogP contribution >= 0.6 is 11.3 Å². The quantitative estimate of drug-likeness (QED) is 0.767. The van der Waals surface area contributed by atoms with Gasteiger partial charge in [0.05, 0.1) is 6.04 Å². The van der Waals surface area contributed by atoms with Crippen LogP contribution in [0, 0.1) is 5.92 Å². The summed E-state index contributed by atoms with van der Waals surface area (Å²) in [5.41, 5.74) is 1.01. The van der Waals surface area contributed by atoms with Crippen LogP contribution in [0.2, 0.25) is 0 Å². The average Bonchev–Trinajstić information content (AvgIpc) is 2.78. The maximum absolute atomic E-state index is 11.7. The first-order valence-electron chi connectivity index (χ1n) is 5.73. The second-order valence-electron chi connectivity index (χ2n) is 4.46. The van der Waals surface area contributed by atoms with Gasteiger partial charge >= 0.3 is 12.0 Å². The summed E-state index contributed by atoms with van der Waals surface area (Å²) in [5.74, 6) is -1.19. The van der Waals surface area contributed by atoms with Gasteiger partial charge < -0.3 is 15.7 Å². The normalized spacial score (nSPS) is 14.0. The Labute approximate surface area is 110 Å². The van der Waals surface area contributed by atoms with E-state index >= 15 is 0 Å². The molecule has 0 bridgehead atoms. The Hall–Kier alpha value is -1.56. The van der Waals surface area contributed by atoms with E-state index in [1.165, 1.54) is 0 Å². The van der Waals surface area contributed by atoms with Crippen LogP contribution in [0.4, 0.5) is 4.79 Å². The van der Waals surface area contributed by atoms with Gasteiger partial charge in [-0.05, 0) is 35.2 Å². The molecule has 0 radical (unpaired) electrons. The topological polar surface area (TPSA) is 78.4 Å². The minimum atomic E-state index is -1.02. The number of aliphatic carboxylic acids is 1. The standard InChI is InChI=1S/C12H18N2O3S/c1-7(2)10(11(15)16)14-12(17)13-8(3)9-4-5-18-6-9/h4-8,10H,1-3H3,(H,15,16)(H2,13,14,17)/t8?,10-/m1/s1. The fourth-order valence-corrected chi connectivity index (χ4v) is 2.25. The molecule has 0 spiro atoms. The number of urea groups is 1. The maximum atomic E-state index is 11.7. The lowest BCUT2D eigenvalue weighted by atomic mass is 10.1. The smallest absolute Gasteiger partial charge is 0.326 e. The lowest BCUT2D eigenvalue weighted by molar-refractivity contribution is -0.140. The van der Waals surface area contributed by atoms with Crippen molar-refractivity contribution < 1.29 is 14.7 Å². The fraction of sp³-hybridized carbons (Fsp3) is 0.500. The fourth-order valence-electron chi connectivity index (χ4n) is 1.50. The highest BCUT2D eigenvalue weighted by Crippen LogP contribution is 2.15. The Morgan fingerprint density at radius 1 is 1.28 bits per heavy atom. The molecule has 2 atom stereocenters. The summed E-state index contributed by atoms with van der Waals surface area (Å²) in [6.45, 7) is 5.36. The third-order valence-electron chi connectivity index (χ3n) is 2.61. The lowest BCUT2D eigenvalue weighted by Gasteiger charge is -2.20. The summed E-state index contributed by atoms with van der Waals surface area (Å²) in [5, 5.41) is 18.0. The van der Waals surface area contributed by atoms with Gasteiger partial charge in [0.1, 0.15) is 6.04 Å². The predicted octanol–water partition coefficient (Wildman–Crippen LogP) is 2.22. The summed E-state index contributed by atoms with van der Waals surface area (Å²) in [4.78, 5) is 22.6. The van der Waals surface area contributed by atoms with Crippen LogP contribution in [0.5, 0.6) is 0 Å². The second kappa shape index (κ2) is 6.39. The number of nitrogens with one attached hydrogen (secondary N) is 2. The molecular formula is C12H18N2O3S. The molecule has 0 fully saturated rings. The molecule has 6 heteroatoms. The summed E-state index contributed by atoms with van der Waals surface area (Å²) < 4.78 is 0. The number of carboxylic acids is 1. The minimum Gasteiger partial charge on any atom is -0.480 e. The molecule has 0 saturated heterocycles. The number of thiophene rings is 1. The molecule has 100 valence electrons. The zero-order valence-electron chi connectivity index (χ0n) is 10.6. The van der Waals surface area contributed by atoms with Gasteiger partial charge in [0.2, 0.25) is 0 Å². The maximum Gasteiger partial charge on any atom is 0.326 e. The van der Waals surface area contributed by atoms with E-state index in [1.807, 2.05) is 23.8 Å². The predicted molar refractivity (Wildman–Crippen MR) is 70.7 cm³/mol. The van der Waals surface area contributed by atoms with E-state index in [9.17, 15) is 9.59 Å². The minimum absolute atomic E-state index is 0.141. The molecule has 1 unspecified atom stereocenters. The molecule has 1 heterocycles. The van der Waals surface area contributed by atoms with E-state index in [0.717, 1.165) is 5.56 Å². The molecule has 1 aromatic heterocycles. The van der Waals surface area contributed by atoms with Crippen molar-refractivity contribution >= 4 is 23.3 Å². The summed E-state index contributed by atoms with van der Waals surface area (Å²) in [6, 6.07) is 0.444. The molecule has 1 aromatic rings. The van der Waals surface area contributed by atoms with E-state index in [4.69, 9.17) is 5.11 Å². The molecule has 18 heavy (non-hydrogen) atoms. The van der Waals surface area contributed by atoms with Crippen LogP contribution in [0.25, 0.3) is 0 Å². The monoisotopic (exact) mass is 270 g/mol. The Morgan fingerprint density at radius 2 is 1.94 bits per heavy atom. The van der Waals surface area contributed by atoms with Gasteiger partial charge in [0, 0.05) is 0 Å². The van der Waals surface area contributed by atoms with Crippen LogP contribution in [0.3, 0.4) is 0 Å². The summed E-state index contributed by atoms with van der Waals surface area (Å²) >= 11 is 1.55. The third-order valence-corrected chi connectivity index (χ3v) is 3.31. The zero-order valence-corrected chi connectivity index (χ0v) is 11.5. The molecule has 0 aromatic carbocycles. The number of carbonyl (C=O) groups excluding carboxylic acids is 1. The third kappa shape index (κ3) is 4.03. The van der Waals surface area contributed by atoms with E-state index in [2.05, 4.69) is 10.6 Å². The van der Waals surface area contributed by atoms with Crippen molar-refractivity contribution in [3.05, 3.63) is 22.4 Å². The van der Waals surface area contributed by atoms with Crippen LogP contribution < -0.4 is 10.6 Å². The Bertz CT molecular complexity index is 403. The van der Waals surface area contributed by atoms with Crippen LogP contribution in [-0.2, 0) is 4.79 Å². The molecular weight excluding hydrogens is 252 g/mol. The molecule has 0 aliphatic rings. The highest BCUT2D eigenvalue weighted by molar-refractivity contribution is 7.07. The van der Waals surface area contributed by atoms with Crippen molar-refractivity contribution in [2.24, 2.45) is 5.92 Å². The number of amides is 2. The molecule has 1 rings (SSSR count). The van der Waals surface area contributed by atoms with Crippen molar-refractivity contribution in [2.45, 2.75) is 32.9 Å². The largest absolute Gasteiger partial charge is 0.480 e. The van der Waals surface area contributed by atoms with Gasteiger partial charge in [-0.2, -0.15) is 11.3 Å². The number of carboxylic acid groups (broad SMARTS) is 1. The van der Waals surface area contributed by atoms with Crippen molar-refractivity contribution in [1.82, 2.24) is 10.6 Å². The average molecular weight is 270 g/mol. The van der Waals surface area contributed by atoms with Crippen molar-refractivity contribution in [3.8, 4) is 0 Å². The zero-order chi connectivity index (χ0) is 13.7. The first-order chi connectivity index (χ1) is 8.41. The van der Waals surface area contributed by atoms with Gasteiger partial charge in [0.15, 0.2) is 0 Å². The second-order valence-corrected chi connectivity index (χ2v) is 5.24.